The standard InChI is InChI=1S/C17H25ClN2/c1-2-7-20-8-5-16(6-9-20)19-17-11-13-3-4-15(18)10-14(13)12-17/h3-4,10,16-17,19H,2,5-9,11-12H2,1H3. The third-order valence-corrected chi connectivity index (χ3v) is 4.93. The van der Waals surface area contributed by atoms with Crippen molar-refractivity contribution in [3.05, 3.63) is 34.3 Å². The van der Waals surface area contributed by atoms with Gasteiger partial charge in [0.25, 0.3) is 0 Å². The summed E-state index contributed by atoms with van der Waals surface area (Å²) in [6.07, 6.45) is 6.19. The van der Waals surface area contributed by atoms with Crippen LogP contribution in [0.1, 0.15) is 37.3 Å². The Morgan fingerprint density at radius 2 is 1.90 bits per heavy atom. The molecule has 1 heterocycles. The van der Waals surface area contributed by atoms with Crippen LogP contribution in [-0.4, -0.2) is 36.6 Å². The molecule has 3 heteroatoms. The second-order valence-electron chi connectivity index (χ2n) is 6.30. The first-order valence-corrected chi connectivity index (χ1v) is 8.38. The van der Waals surface area contributed by atoms with Crippen LogP contribution in [0.15, 0.2) is 18.2 Å². The number of rotatable bonds is 4. The maximum absolute atomic E-state index is 6.08. The van der Waals surface area contributed by atoms with Crippen LogP contribution in [-0.2, 0) is 12.8 Å². The topological polar surface area (TPSA) is 15.3 Å². The van der Waals surface area contributed by atoms with E-state index in [9.17, 15) is 0 Å². The zero-order valence-corrected chi connectivity index (χ0v) is 13.1. The van der Waals surface area contributed by atoms with Crippen LogP contribution in [0.3, 0.4) is 0 Å². The molecule has 0 radical (unpaired) electrons. The Balaban J connectivity index is 1.49. The summed E-state index contributed by atoms with van der Waals surface area (Å²) in [5, 5.41) is 4.75. The second-order valence-corrected chi connectivity index (χ2v) is 6.74. The highest BCUT2D eigenvalue weighted by Crippen LogP contribution is 2.26. The van der Waals surface area contributed by atoms with E-state index in [1.807, 2.05) is 6.07 Å². The van der Waals surface area contributed by atoms with Gasteiger partial charge in [-0.05, 0) is 75.0 Å². The van der Waals surface area contributed by atoms with E-state index < -0.39 is 0 Å². The number of halogens is 1. The van der Waals surface area contributed by atoms with Crippen LogP contribution < -0.4 is 5.32 Å². The third kappa shape index (κ3) is 3.36. The van der Waals surface area contributed by atoms with Gasteiger partial charge in [0.1, 0.15) is 0 Å². The Morgan fingerprint density at radius 1 is 1.15 bits per heavy atom. The average molecular weight is 293 g/mol. The molecule has 1 fully saturated rings. The van der Waals surface area contributed by atoms with Crippen molar-refractivity contribution in [3.8, 4) is 0 Å². The van der Waals surface area contributed by atoms with Gasteiger partial charge in [-0.15, -0.1) is 0 Å². The average Bonchev–Trinajstić information content (AvgIpc) is 2.82. The number of likely N-dealkylation sites (tertiary alicyclic amines) is 1. The lowest BCUT2D eigenvalue weighted by atomic mass is 10.0. The minimum atomic E-state index is 0.617. The number of piperidine rings is 1. The summed E-state index contributed by atoms with van der Waals surface area (Å²) in [5.74, 6) is 0. The second kappa shape index (κ2) is 6.46. The van der Waals surface area contributed by atoms with Gasteiger partial charge in [-0.3, -0.25) is 0 Å². The highest BCUT2D eigenvalue weighted by Gasteiger charge is 2.25. The van der Waals surface area contributed by atoms with Crippen LogP contribution in [0.2, 0.25) is 5.02 Å². The molecule has 0 bridgehead atoms. The van der Waals surface area contributed by atoms with Gasteiger partial charge in [-0.25, -0.2) is 0 Å². The maximum Gasteiger partial charge on any atom is 0.0408 e. The first-order valence-electron chi connectivity index (χ1n) is 8.00. The Labute approximate surface area is 127 Å². The SMILES string of the molecule is CCCN1CCC(NC2Cc3ccc(Cl)cc3C2)CC1. The summed E-state index contributed by atoms with van der Waals surface area (Å²) in [7, 11) is 0. The Bertz CT molecular complexity index is 452. The van der Waals surface area contributed by atoms with Crippen molar-refractivity contribution in [1.29, 1.82) is 0 Å². The summed E-state index contributed by atoms with van der Waals surface area (Å²) >= 11 is 6.08. The zero-order chi connectivity index (χ0) is 13.9. The largest absolute Gasteiger partial charge is 0.310 e. The normalized spacial score (nSPS) is 24.0. The minimum absolute atomic E-state index is 0.617. The molecular weight excluding hydrogens is 268 g/mol. The summed E-state index contributed by atoms with van der Waals surface area (Å²) < 4.78 is 0. The van der Waals surface area contributed by atoms with Crippen molar-refractivity contribution in [2.45, 2.75) is 51.1 Å². The molecule has 3 rings (SSSR count). The van der Waals surface area contributed by atoms with E-state index in [-0.39, 0.29) is 0 Å². The van der Waals surface area contributed by atoms with Crippen LogP contribution >= 0.6 is 11.6 Å². The van der Waals surface area contributed by atoms with Crippen molar-refractivity contribution in [3.63, 3.8) is 0 Å². The van der Waals surface area contributed by atoms with Gasteiger partial charge < -0.3 is 10.2 Å². The Morgan fingerprint density at radius 3 is 2.65 bits per heavy atom. The molecule has 1 aliphatic heterocycles. The molecule has 0 aromatic heterocycles. The maximum atomic E-state index is 6.08. The fourth-order valence-electron chi connectivity index (χ4n) is 3.68. The lowest BCUT2D eigenvalue weighted by Gasteiger charge is -2.33. The molecule has 0 spiro atoms. The fourth-order valence-corrected chi connectivity index (χ4v) is 3.87. The van der Waals surface area contributed by atoms with E-state index in [4.69, 9.17) is 11.6 Å². The lowest BCUT2D eigenvalue weighted by Crippen LogP contribution is -2.46. The number of benzene rings is 1. The Hall–Kier alpha value is -0.570. The van der Waals surface area contributed by atoms with Gasteiger partial charge in [-0.1, -0.05) is 24.6 Å². The monoisotopic (exact) mass is 292 g/mol. The molecular formula is C17H25ClN2. The molecule has 110 valence electrons. The summed E-state index contributed by atoms with van der Waals surface area (Å²) in [6, 6.07) is 7.68. The van der Waals surface area contributed by atoms with Gasteiger partial charge in [0.2, 0.25) is 0 Å². The third-order valence-electron chi connectivity index (χ3n) is 4.70. The van der Waals surface area contributed by atoms with Crippen LogP contribution in [0.5, 0.6) is 0 Å². The van der Waals surface area contributed by atoms with Gasteiger partial charge in [-0.2, -0.15) is 0 Å². The van der Waals surface area contributed by atoms with E-state index >= 15 is 0 Å². The van der Waals surface area contributed by atoms with Crippen LogP contribution in [0, 0.1) is 0 Å². The molecule has 1 aliphatic carbocycles. The molecule has 2 aliphatic rings. The highest BCUT2D eigenvalue weighted by molar-refractivity contribution is 6.30. The summed E-state index contributed by atoms with van der Waals surface area (Å²) in [4.78, 5) is 2.60. The predicted octanol–water partition coefficient (Wildman–Crippen LogP) is 3.27. The van der Waals surface area contributed by atoms with Crippen molar-refractivity contribution in [1.82, 2.24) is 10.2 Å². The lowest BCUT2D eigenvalue weighted by molar-refractivity contribution is 0.191. The van der Waals surface area contributed by atoms with Gasteiger partial charge in [0, 0.05) is 17.1 Å². The molecule has 1 unspecified atom stereocenters. The molecule has 1 aromatic rings. The minimum Gasteiger partial charge on any atom is -0.310 e. The molecule has 20 heavy (non-hydrogen) atoms. The van der Waals surface area contributed by atoms with E-state index in [1.54, 1.807) is 0 Å². The number of nitrogens with one attached hydrogen (secondary N) is 1. The smallest absolute Gasteiger partial charge is 0.0408 e. The molecule has 0 amide bonds. The molecule has 0 saturated carbocycles. The first kappa shape index (κ1) is 14.4. The molecule has 1 aromatic carbocycles. The Kier molecular flexibility index (Phi) is 4.65. The van der Waals surface area contributed by atoms with E-state index in [1.165, 1.54) is 56.4 Å². The van der Waals surface area contributed by atoms with Gasteiger partial charge >= 0.3 is 0 Å². The summed E-state index contributed by atoms with van der Waals surface area (Å²) in [6.45, 7) is 6.05. The number of nitrogens with zero attached hydrogens (tertiary/aromatic N) is 1. The van der Waals surface area contributed by atoms with Crippen molar-refractivity contribution >= 4 is 11.6 Å². The molecule has 2 nitrogen and oxygen atoms in total. The highest BCUT2D eigenvalue weighted by atomic mass is 35.5. The van der Waals surface area contributed by atoms with Gasteiger partial charge in [0.15, 0.2) is 0 Å². The fraction of sp³-hybridized carbons (Fsp3) is 0.647. The summed E-state index contributed by atoms with van der Waals surface area (Å²) in [5.41, 5.74) is 2.92. The molecule has 1 saturated heterocycles. The van der Waals surface area contributed by atoms with Crippen molar-refractivity contribution in [2.24, 2.45) is 0 Å². The van der Waals surface area contributed by atoms with Gasteiger partial charge in [0.05, 0.1) is 0 Å². The van der Waals surface area contributed by atoms with Crippen LogP contribution in [0.25, 0.3) is 0 Å². The van der Waals surface area contributed by atoms with E-state index in [0.29, 0.717) is 12.1 Å². The van der Waals surface area contributed by atoms with E-state index in [2.05, 4.69) is 29.3 Å². The number of hydrogen-bond acceptors (Lipinski definition) is 2. The van der Waals surface area contributed by atoms with Crippen molar-refractivity contribution < 1.29 is 0 Å². The molecule has 1 atom stereocenters. The zero-order valence-electron chi connectivity index (χ0n) is 12.4. The number of hydrogen-bond donors (Lipinski definition) is 1. The number of fused-ring (bicyclic) bond motifs is 1. The van der Waals surface area contributed by atoms with E-state index in [0.717, 1.165) is 11.4 Å². The first-order chi connectivity index (χ1) is 9.74. The quantitative estimate of drug-likeness (QED) is 0.916. The predicted molar refractivity (Wildman–Crippen MR) is 85.5 cm³/mol. The molecule has 1 N–H and O–H groups in total. The van der Waals surface area contributed by atoms with Crippen molar-refractivity contribution in [2.75, 3.05) is 19.6 Å². The van der Waals surface area contributed by atoms with Crippen LogP contribution in [0.4, 0.5) is 0 Å².